The van der Waals surface area contributed by atoms with E-state index in [1.165, 1.54) is 16.9 Å². The summed E-state index contributed by atoms with van der Waals surface area (Å²) in [7, 11) is 2.07. The molecule has 0 N–H and O–H groups in total. The van der Waals surface area contributed by atoms with Crippen LogP contribution in [-0.4, -0.2) is 38.6 Å². The summed E-state index contributed by atoms with van der Waals surface area (Å²) < 4.78 is 12.7. The van der Waals surface area contributed by atoms with Gasteiger partial charge in [0.05, 0.1) is 6.54 Å². The second-order valence-corrected chi connectivity index (χ2v) is 7.40. The maximum Gasteiger partial charge on any atom is 0.235 e. The molecule has 0 radical (unpaired) electrons. The second kappa shape index (κ2) is 6.64. The highest BCUT2D eigenvalue weighted by Crippen LogP contribution is 2.37. The lowest BCUT2D eigenvalue weighted by atomic mass is 10.2. The first kappa shape index (κ1) is 16.2. The van der Waals surface area contributed by atoms with Crippen molar-refractivity contribution in [3.63, 3.8) is 0 Å². The zero-order chi connectivity index (χ0) is 18.2. The zero-order valence-corrected chi connectivity index (χ0v) is 15.5. The Bertz CT molecular complexity index is 1090. The molecule has 136 valence electrons. The molecular formula is C19H17N5O2S. The topological polar surface area (TPSA) is 64.8 Å². The van der Waals surface area contributed by atoms with Crippen molar-refractivity contribution in [3.05, 3.63) is 59.9 Å². The van der Waals surface area contributed by atoms with E-state index in [9.17, 15) is 0 Å². The van der Waals surface area contributed by atoms with Gasteiger partial charge in [-0.3, -0.25) is 4.90 Å². The number of hydrogen-bond donors (Lipinski definition) is 0. The fourth-order valence-electron chi connectivity index (χ4n) is 3.09. The summed E-state index contributed by atoms with van der Waals surface area (Å²) >= 11 is 1.51. The van der Waals surface area contributed by atoms with Crippen LogP contribution >= 0.6 is 11.3 Å². The van der Waals surface area contributed by atoms with Crippen LogP contribution in [0.5, 0.6) is 11.5 Å². The first-order chi connectivity index (χ1) is 13.3. The fraction of sp³-hybridized carbons (Fsp3) is 0.211. The van der Waals surface area contributed by atoms with E-state index in [1.54, 1.807) is 0 Å². The summed E-state index contributed by atoms with van der Waals surface area (Å²) in [4.78, 5) is 2.98. The fourth-order valence-corrected chi connectivity index (χ4v) is 3.95. The Morgan fingerprint density at radius 3 is 2.78 bits per heavy atom. The van der Waals surface area contributed by atoms with Crippen LogP contribution in [0.15, 0.2) is 48.5 Å². The summed E-state index contributed by atoms with van der Waals surface area (Å²) in [5, 5.41) is 14.2. The Balaban J connectivity index is 1.38. The van der Waals surface area contributed by atoms with E-state index < -0.39 is 0 Å². The maximum absolute atomic E-state index is 5.46. The van der Waals surface area contributed by atoms with Gasteiger partial charge in [0.15, 0.2) is 17.3 Å². The molecule has 0 fully saturated rings. The number of aromatic nitrogens is 4. The molecule has 0 unspecified atom stereocenters. The van der Waals surface area contributed by atoms with Crippen LogP contribution < -0.4 is 9.47 Å². The van der Waals surface area contributed by atoms with E-state index in [0.717, 1.165) is 39.4 Å². The molecule has 0 aliphatic carbocycles. The smallest absolute Gasteiger partial charge is 0.235 e. The molecule has 4 aromatic rings. The van der Waals surface area contributed by atoms with Gasteiger partial charge in [0.1, 0.15) is 5.01 Å². The van der Waals surface area contributed by atoms with Crippen molar-refractivity contribution >= 4 is 16.3 Å². The van der Waals surface area contributed by atoms with Crippen molar-refractivity contribution in [2.24, 2.45) is 0 Å². The molecule has 0 atom stereocenters. The first-order valence-electron chi connectivity index (χ1n) is 8.60. The standard InChI is InChI=1S/C19H17N5O2S/c1-23(10-13-5-3-2-4-6-13)11-17-20-21-19-24(17)22-18(27-19)14-7-8-15-16(9-14)26-12-25-15/h2-9H,10-12H2,1H3. The molecule has 2 aromatic carbocycles. The molecule has 8 heteroatoms. The SMILES string of the molecule is CN(Cc1ccccc1)Cc1nnc2sc(-c3ccc4c(c3)OCO4)nn12. The van der Waals surface area contributed by atoms with Gasteiger partial charge in [0.2, 0.25) is 11.8 Å². The predicted molar refractivity (Wildman–Crippen MR) is 102 cm³/mol. The third-order valence-electron chi connectivity index (χ3n) is 4.38. The number of fused-ring (bicyclic) bond motifs is 2. The second-order valence-electron chi connectivity index (χ2n) is 6.44. The van der Waals surface area contributed by atoms with Gasteiger partial charge in [-0.2, -0.15) is 9.61 Å². The molecule has 5 rings (SSSR count). The minimum Gasteiger partial charge on any atom is -0.454 e. The first-order valence-corrected chi connectivity index (χ1v) is 9.41. The average Bonchev–Trinajstić information content (AvgIpc) is 3.38. The number of rotatable bonds is 5. The Labute approximate surface area is 159 Å². The molecule has 0 spiro atoms. The van der Waals surface area contributed by atoms with Crippen molar-refractivity contribution in [3.8, 4) is 22.1 Å². The summed E-state index contributed by atoms with van der Waals surface area (Å²) in [6.07, 6.45) is 0. The molecule has 2 aromatic heterocycles. The van der Waals surface area contributed by atoms with E-state index >= 15 is 0 Å². The lowest BCUT2D eigenvalue weighted by molar-refractivity contribution is 0.174. The van der Waals surface area contributed by atoms with Gasteiger partial charge in [0.25, 0.3) is 0 Å². The highest BCUT2D eigenvalue weighted by molar-refractivity contribution is 7.19. The van der Waals surface area contributed by atoms with Crippen molar-refractivity contribution in [1.82, 2.24) is 24.7 Å². The van der Waals surface area contributed by atoms with Crippen LogP contribution in [0.2, 0.25) is 0 Å². The minimum atomic E-state index is 0.266. The number of benzene rings is 2. The largest absolute Gasteiger partial charge is 0.454 e. The highest BCUT2D eigenvalue weighted by atomic mass is 32.1. The lowest BCUT2D eigenvalue weighted by Gasteiger charge is -2.14. The quantitative estimate of drug-likeness (QED) is 0.531. The van der Waals surface area contributed by atoms with Gasteiger partial charge in [-0.05, 0) is 30.8 Å². The lowest BCUT2D eigenvalue weighted by Crippen LogP contribution is -2.19. The maximum atomic E-state index is 5.46. The van der Waals surface area contributed by atoms with E-state index in [1.807, 2.05) is 28.8 Å². The molecule has 27 heavy (non-hydrogen) atoms. The van der Waals surface area contributed by atoms with E-state index in [-0.39, 0.29) is 6.79 Å². The van der Waals surface area contributed by atoms with Crippen molar-refractivity contribution in [2.45, 2.75) is 13.1 Å². The third kappa shape index (κ3) is 3.13. The Morgan fingerprint density at radius 1 is 1.04 bits per heavy atom. The normalized spacial score (nSPS) is 13.0. The number of nitrogens with zero attached hydrogens (tertiary/aromatic N) is 5. The monoisotopic (exact) mass is 379 g/mol. The zero-order valence-electron chi connectivity index (χ0n) is 14.7. The van der Waals surface area contributed by atoms with Gasteiger partial charge in [-0.25, -0.2) is 0 Å². The molecule has 1 aliphatic heterocycles. The third-order valence-corrected chi connectivity index (χ3v) is 5.33. The Morgan fingerprint density at radius 2 is 1.89 bits per heavy atom. The molecule has 0 saturated carbocycles. The molecular weight excluding hydrogens is 362 g/mol. The molecule has 0 bridgehead atoms. The summed E-state index contributed by atoms with van der Waals surface area (Å²) in [6, 6.07) is 16.2. The molecule has 0 amide bonds. The van der Waals surface area contributed by atoms with E-state index in [4.69, 9.17) is 14.6 Å². The highest BCUT2D eigenvalue weighted by Gasteiger charge is 2.18. The van der Waals surface area contributed by atoms with E-state index in [0.29, 0.717) is 6.54 Å². The number of hydrogen-bond acceptors (Lipinski definition) is 7. The van der Waals surface area contributed by atoms with E-state index in [2.05, 4.69) is 46.4 Å². The van der Waals surface area contributed by atoms with Crippen molar-refractivity contribution < 1.29 is 9.47 Å². The minimum absolute atomic E-state index is 0.266. The van der Waals surface area contributed by atoms with Crippen LogP contribution in [0.1, 0.15) is 11.4 Å². The summed E-state index contributed by atoms with van der Waals surface area (Å²) in [6.45, 7) is 1.77. The van der Waals surface area contributed by atoms with Crippen LogP contribution in [0.4, 0.5) is 0 Å². The average molecular weight is 379 g/mol. The van der Waals surface area contributed by atoms with Gasteiger partial charge in [-0.15, -0.1) is 10.2 Å². The van der Waals surface area contributed by atoms with Crippen LogP contribution in [0.3, 0.4) is 0 Å². The molecule has 3 heterocycles. The van der Waals surface area contributed by atoms with Gasteiger partial charge >= 0.3 is 0 Å². The Kier molecular flexibility index (Phi) is 3.99. The van der Waals surface area contributed by atoms with Crippen molar-refractivity contribution in [2.75, 3.05) is 13.8 Å². The van der Waals surface area contributed by atoms with Crippen LogP contribution in [0.25, 0.3) is 15.5 Å². The molecule has 7 nitrogen and oxygen atoms in total. The van der Waals surface area contributed by atoms with Gasteiger partial charge in [0, 0.05) is 12.1 Å². The number of ether oxygens (including phenoxy) is 2. The van der Waals surface area contributed by atoms with Gasteiger partial charge < -0.3 is 9.47 Å². The molecule has 1 aliphatic rings. The summed E-state index contributed by atoms with van der Waals surface area (Å²) in [5.41, 5.74) is 2.25. The summed E-state index contributed by atoms with van der Waals surface area (Å²) in [5.74, 6) is 2.35. The Hall–Kier alpha value is -2.97. The predicted octanol–water partition coefficient (Wildman–Crippen LogP) is 3.21. The van der Waals surface area contributed by atoms with Crippen LogP contribution in [0, 0.1) is 0 Å². The van der Waals surface area contributed by atoms with Crippen molar-refractivity contribution in [1.29, 1.82) is 0 Å². The van der Waals surface area contributed by atoms with Gasteiger partial charge in [-0.1, -0.05) is 41.7 Å². The molecule has 0 saturated heterocycles. The van der Waals surface area contributed by atoms with Crippen LogP contribution in [-0.2, 0) is 13.1 Å².